The van der Waals surface area contributed by atoms with Gasteiger partial charge in [0.25, 0.3) is 0 Å². The molecule has 0 aromatic carbocycles. The molecule has 0 saturated heterocycles. The minimum Gasteiger partial charge on any atom is -0.254 e. The molecule has 0 N–H and O–H groups in total. The second-order valence-electron chi connectivity index (χ2n) is 4.90. The molecule has 106 valence electrons. The zero-order chi connectivity index (χ0) is 14.3. The van der Waals surface area contributed by atoms with Crippen molar-refractivity contribution in [2.24, 2.45) is 5.92 Å². The van der Waals surface area contributed by atoms with E-state index in [-0.39, 0.29) is 5.57 Å². The third-order valence-electron chi connectivity index (χ3n) is 3.12. The number of rotatable bonds is 6. The lowest BCUT2D eigenvalue weighted by molar-refractivity contribution is -0.456. The van der Waals surface area contributed by atoms with E-state index in [9.17, 15) is 9.59 Å². The molecule has 5 heteroatoms. The molecule has 1 fully saturated rings. The maximum Gasteiger partial charge on any atom is 0.372 e. The molecule has 1 aliphatic carbocycles. The van der Waals surface area contributed by atoms with E-state index < -0.39 is 11.9 Å². The lowest BCUT2D eigenvalue weighted by Crippen LogP contribution is -2.15. The fourth-order valence-electron chi connectivity index (χ4n) is 2.03. The van der Waals surface area contributed by atoms with Gasteiger partial charge in [0.1, 0.15) is 0 Å². The van der Waals surface area contributed by atoms with Crippen molar-refractivity contribution in [3.8, 4) is 0 Å². The summed E-state index contributed by atoms with van der Waals surface area (Å²) in [6.07, 6.45) is 6.46. The zero-order valence-electron chi connectivity index (χ0n) is 11.3. The average molecular weight is 268 g/mol. The summed E-state index contributed by atoms with van der Waals surface area (Å²) in [6.45, 7) is 8.48. The van der Waals surface area contributed by atoms with Crippen molar-refractivity contribution in [3.63, 3.8) is 0 Å². The van der Waals surface area contributed by atoms with E-state index in [1.54, 1.807) is 0 Å². The number of hydrogen-bond donors (Lipinski definition) is 0. The number of carbonyl (C=O) groups is 2. The Kier molecular flexibility index (Phi) is 6.29. The Morgan fingerprint density at radius 3 is 2.21 bits per heavy atom. The molecule has 0 bridgehead atoms. The van der Waals surface area contributed by atoms with Crippen LogP contribution in [0.15, 0.2) is 24.3 Å². The molecule has 0 aliphatic heterocycles. The maximum atomic E-state index is 11.5. The van der Waals surface area contributed by atoms with Crippen molar-refractivity contribution in [3.05, 3.63) is 24.3 Å². The summed E-state index contributed by atoms with van der Waals surface area (Å²) in [5.41, 5.74) is 0.482. The van der Waals surface area contributed by atoms with Gasteiger partial charge in [-0.3, -0.25) is 9.78 Å². The van der Waals surface area contributed by atoms with Gasteiger partial charge in [-0.05, 0) is 19.3 Å². The second-order valence-corrected chi connectivity index (χ2v) is 4.90. The molecule has 0 unspecified atom stereocenters. The predicted octanol–water partition coefficient (Wildman–Crippen LogP) is 3.02. The fraction of sp³-hybridized carbons (Fsp3) is 0.571. The van der Waals surface area contributed by atoms with Gasteiger partial charge in [0.05, 0.1) is 0 Å². The molecular formula is C14H20O5. The van der Waals surface area contributed by atoms with E-state index in [2.05, 4.69) is 28.0 Å². The lowest BCUT2D eigenvalue weighted by atomic mass is 9.85. The van der Waals surface area contributed by atoms with Gasteiger partial charge in [0, 0.05) is 16.2 Å². The fourth-order valence-corrected chi connectivity index (χ4v) is 2.03. The number of hydrogen-bond acceptors (Lipinski definition) is 5. The summed E-state index contributed by atoms with van der Waals surface area (Å²) in [4.78, 5) is 31.0. The van der Waals surface area contributed by atoms with E-state index in [4.69, 9.17) is 0 Å². The van der Waals surface area contributed by atoms with Crippen LogP contribution in [-0.2, 0) is 24.4 Å². The minimum atomic E-state index is -0.786. The highest BCUT2D eigenvalue weighted by Crippen LogP contribution is 2.28. The Bertz CT molecular complexity index is 366. The Labute approximate surface area is 113 Å². The monoisotopic (exact) mass is 268 g/mol. The van der Waals surface area contributed by atoms with Crippen molar-refractivity contribution in [2.45, 2.75) is 45.4 Å². The Balaban J connectivity index is 2.22. The van der Waals surface area contributed by atoms with Crippen LogP contribution in [0.1, 0.15) is 45.4 Å². The Morgan fingerprint density at radius 1 is 1.05 bits per heavy atom. The van der Waals surface area contributed by atoms with Crippen LogP contribution in [0, 0.1) is 5.92 Å². The van der Waals surface area contributed by atoms with Crippen LogP contribution < -0.4 is 0 Å². The van der Waals surface area contributed by atoms with Crippen LogP contribution in [0.5, 0.6) is 0 Å². The largest absolute Gasteiger partial charge is 0.372 e. The summed E-state index contributed by atoms with van der Waals surface area (Å²) in [7, 11) is 0. The normalized spacial score (nSPS) is 15.6. The van der Waals surface area contributed by atoms with E-state index in [1.165, 1.54) is 26.2 Å². The summed E-state index contributed by atoms with van der Waals surface area (Å²) >= 11 is 0. The summed E-state index contributed by atoms with van der Waals surface area (Å²) in [6, 6.07) is 0. The summed E-state index contributed by atoms with van der Waals surface area (Å²) in [5, 5.41) is 4.11. The van der Waals surface area contributed by atoms with Crippen LogP contribution in [0.2, 0.25) is 0 Å². The first-order valence-corrected chi connectivity index (χ1v) is 6.44. The smallest absolute Gasteiger partial charge is 0.254 e. The highest BCUT2D eigenvalue weighted by atomic mass is 17.5. The third-order valence-corrected chi connectivity index (χ3v) is 3.12. The molecule has 1 aliphatic rings. The van der Waals surface area contributed by atoms with Crippen LogP contribution in [0.25, 0.3) is 0 Å². The first-order chi connectivity index (χ1) is 9.00. The van der Waals surface area contributed by atoms with Crippen LogP contribution in [0.3, 0.4) is 0 Å². The Morgan fingerprint density at radius 2 is 1.63 bits per heavy atom. The van der Waals surface area contributed by atoms with Gasteiger partial charge in [0.2, 0.25) is 0 Å². The molecule has 1 saturated carbocycles. The van der Waals surface area contributed by atoms with Crippen molar-refractivity contribution in [2.75, 3.05) is 0 Å². The van der Waals surface area contributed by atoms with Gasteiger partial charge >= 0.3 is 11.9 Å². The van der Waals surface area contributed by atoms with E-state index in [1.807, 2.05) is 0 Å². The predicted molar refractivity (Wildman–Crippen MR) is 68.4 cm³/mol. The SMILES string of the molecule is C=C(C)C(=O)OOOC(=O)C(=C)CC1CCCCC1. The summed E-state index contributed by atoms with van der Waals surface area (Å²) in [5.74, 6) is -1.02. The highest BCUT2D eigenvalue weighted by Gasteiger charge is 2.19. The summed E-state index contributed by atoms with van der Waals surface area (Å²) < 4.78 is 0. The van der Waals surface area contributed by atoms with Gasteiger partial charge in [-0.25, -0.2) is 9.59 Å². The van der Waals surface area contributed by atoms with Gasteiger partial charge in [-0.1, -0.05) is 45.3 Å². The molecule has 0 aromatic heterocycles. The number of carbonyl (C=O) groups excluding carboxylic acids is 2. The first-order valence-electron chi connectivity index (χ1n) is 6.44. The van der Waals surface area contributed by atoms with E-state index >= 15 is 0 Å². The third kappa shape index (κ3) is 5.70. The molecule has 0 heterocycles. The van der Waals surface area contributed by atoms with Gasteiger partial charge < -0.3 is 0 Å². The van der Waals surface area contributed by atoms with E-state index in [0.29, 0.717) is 17.9 Å². The van der Waals surface area contributed by atoms with Gasteiger partial charge in [-0.15, -0.1) is 0 Å². The van der Waals surface area contributed by atoms with Gasteiger partial charge in [0.15, 0.2) is 0 Å². The molecule has 0 radical (unpaired) electrons. The molecule has 0 amide bonds. The molecule has 0 aromatic rings. The molecule has 5 nitrogen and oxygen atoms in total. The van der Waals surface area contributed by atoms with Crippen LogP contribution >= 0.6 is 0 Å². The zero-order valence-corrected chi connectivity index (χ0v) is 11.3. The first kappa shape index (κ1) is 15.4. The van der Waals surface area contributed by atoms with Crippen molar-refractivity contribution in [1.82, 2.24) is 0 Å². The quantitative estimate of drug-likeness (QED) is 0.421. The molecular weight excluding hydrogens is 248 g/mol. The van der Waals surface area contributed by atoms with Gasteiger partial charge in [-0.2, -0.15) is 0 Å². The second kappa shape index (κ2) is 7.74. The lowest BCUT2D eigenvalue weighted by Gasteiger charge is -2.21. The van der Waals surface area contributed by atoms with Crippen molar-refractivity contribution < 1.29 is 24.4 Å². The van der Waals surface area contributed by atoms with Crippen LogP contribution in [-0.4, -0.2) is 11.9 Å². The van der Waals surface area contributed by atoms with Crippen molar-refractivity contribution in [1.29, 1.82) is 0 Å². The molecule has 1 rings (SSSR count). The Hall–Kier alpha value is -1.62. The highest BCUT2D eigenvalue weighted by molar-refractivity contribution is 5.87. The molecule has 0 atom stereocenters. The average Bonchev–Trinajstić information content (AvgIpc) is 2.39. The molecule has 19 heavy (non-hydrogen) atoms. The van der Waals surface area contributed by atoms with E-state index in [0.717, 1.165) is 12.8 Å². The topological polar surface area (TPSA) is 61.8 Å². The van der Waals surface area contributed by atoms with Crippen molar-refractivity contribution >= 4 is 11.9 Å². The van der Waals surface area contributed by atoms with Crippen LogP contribution in [0.4, 0.5) is 0 Å². The molecule has 0 spiro atoms. The standard InChI is InChI=1S/C14H20O5/c1-10(2)13(15)17-19-18-14(16)11(3)9-12-7-5-4-6-8-12/h12H,1,3-9H2,2H3. The minimum absolute atomic E-state index is 0.150. The maximum absolute atomic E-state index is 11.5.